The van der Waals surface area contributed by atoms with E-state index in [9.17, 15) is 0 Å². The molecule has 0 amide bonds. The van der Waals surface area contributed by atoms with Crippen LogP contribution in [0.2, 0.25) is 0 Å². The van der Waals surface area contributed by atoms with Crippen molar-refractivity contribution in [3.8, 4) is 17.5 Å². The van der Waals surface area contributed by atoms with E-state index in [1.165, 1.54) is 0 Å². The molecule has 0 aliphatic rings. The lowest BCUT2D eigenvalue weighted by Crippen LogP contribution is -2.12. The van der Waals surface area contributed by atoms with Crippen molar-refractivity contribution < 1.29 is 4.74 Å². The van der Waals surface area contributed by atoms with E-state index in [-0.39, 0.29) is 6.10 Å². The Morgan fingerprint density at radius 3 is 2.68 bits per heavy atom. The molecule has 0 unspecified atom stereocenters. The quantitative estimate of drug-likeness (QED) is 0.887. The second-order valence-electron chi connectivity index (χ2n) is 4.18. The second kappa shape index (κ2) is 6.08. The van der Waals surface area contributed by atoms with Crippen LogP contribution in [0, 0.1) is 0 Å². The lowest BCUT2D eigenvalue weighted by atomic mass is 10.3. The van der Waals surface area contributed by atoms with Crippen LogP contribution in [0.25, 0.3) is 11.5 Å². The number of aromatic nitrogens is 4. The second-order valence-corrected chi connectivity index (χ2v) is 4.18. The minimum atomic E-state index is 0.00783. The molecule has 0 bridgehead atoms. The van der Waals surface area contributed by atoms with Crippen LogP contribution >= 0.6 is 0 Å². The van der Waals surface area contributed by atoms with Gasteiger partial charge in [0.15, 0.2) is 5.82 Å². The van der Waals surface area contributed by atoms with Gasteiger partial charge in [-0.2, -0.15) is 15.0 Å². The Morgan fingerprint density at radius 1 is 1.21 bits per heavy atom. The average molecular weight is 259 g/mol. The van der Waals surface area contributed by atoms with Crippen LogP contribution in [0.3, 0.4) is 0 Å². The molecule has 2 heterocycles. The number of hydrogen-bond donors (Lipinski definition) is 1. The first-order chi connectivity index (χ1) is 9.19. The third-order valence-electron chi connectivity index (χ3n) is 2.18. The van der Waals surface area contributed by atoms with E-state index in [0.29, 0.717) is 23.5 Å². The number of nitrogens with zero attached hydrogens (tertiary/aromatic N) is 4. The first-order valence-corrected chi connectivity index (χ1v) is 6.27. The number of pyridine rings is 1. The summed E-state index contributed by atoms with van der Waals surface area (Å²) in [7, 11) is 0. The van der Waals surface area contributed by atoms with Crippen LogP contribution in [-0.2, 0) is 0 Å². The minimum absolute atomic E-state index is 0.00783. The molecule has 2 rings (SSSR count). The zero-order chi connectivity index (χ0) is 13.7. The molecule has 0 aliphatic heterocycles. The third kappa shape index (κ3) is 3.61. The van der Waals surface area contributed by atoms with Gasteiger partial charge in [0.05, 0.1) is 6.10 Å². The fourth-order valence-corrected chi connectivity index (χ4v) is 1.47. The van der Waals surface area contributed by atoms with Crippen LogP contribution in [-0.4, -0.2) is 32.6 Å². The SMILES string of the molecule is CCNc1nc(OC(C)C)nc(-c2ccccn2)n1. The fraction of sp³-hybridized carbons (Fsp3) is 0.385. The van der Waals surface area contributed by atoms with E-state index < -0.39 is 0 Å². The zero-order valence-corrected chi connectivity index (χ0v) is 11.3. The van der Waals surface area contributed by atoms with Crippen molar-refractivity contribution in [3.05, 3.63) is 24.4 Å². The number of rotatable bonds is 5. The number of nitrogens with one attached hydrogen (secondary N) is 1. The Bertz CT molecular complexity index is 530. The molecule has 0 spiro atoms. The van der Waals surface area contributed by atoms with Gasteiger partial charge in [0, 0.05) is 12.7 Å². The van der Waals surface area contributed by atoms with Crippen LogP contribution in [0.15, 0.2) is 24.4 Å². The first kappa shape index (κ1) is 13.2. The Kier molecular flexibility index (Phi) is 4.22. The predicted octanol–water partition coefficient (Wildman–Crippen LogP) is 2.15. The van der Waals surface area contributed by atoms with Gasteiger partial charge in [-0.25, -0.2) is 0 Å². The molecule has 6 heteroatoms. The van der Waals surface area contributed by atoms with Crippen LogP contribution in [0.1, 0.15) is 20.8 Å². The molecule has 0 radical (unpaired) electrons. The van der Waals surface area contributed by atoms with Gasteiger partial charge in [-0.05, 0) is 32.9 Å². The lowest BCUT2D eigenvalue weighted by Gasteiger charge is -2.10. The van der Waals surface area contributed by atoms with Crippen molar-refractivity contribution in [1.29, 1.82) is 0 Å². The van der Waals surface area contributed by atoms with Gasteiger partial charge in [-0.1, -0.05) is 6.07 Å². The Morgan fingerprint density at radius 2 is 2.05 bits per heavy atom. The topological polar surface area (TPSA) is 72.8 Å². The van der Waals surface area contributed by atoms with Gasteiger partial charge < -0.3 is 10.1 Å². The molecule has 6 nitrogen and oxygen atoms in total. The smallest absolute Gasteiger partial charge is 0.322 e. The minimum Gasteiger partial charge on any atom is -0.461 e. The van der Waals surface area contributed by atoms with Gasteiger partial charge in [-0.15, -0.1) is 0 Å². The highest BCUT2D eigenvalue weighted by Crippen LogP contribution is 2.17. The van der Waals surface area contributed by atoms with Crippen molar-refractivity contribution in [2.24, 2.45) is 0 Å². The van der Waals surface area contributed by atoms with Crippen molar-refractivity contribution in [2.75, 3.05) is 11.9 Å². The molecule has 19 heavy (non-hydrogen) atoms. The summed E-state index contributed by atoms with van der Waals surface area (Å²) in [6, 6.07) is 5.90. The summed E-state index contributed by atoms with van der Waals surface area (Å²) in [4.78, 5) is 17.0. The van der Waals surface area contributed by atoms with E-state index in [2.05, 4.69) is 25.3 Å². The number of ether oxygens (including phenoxy) is 1. The molecule has 0 aromatic carbocycles. The monoisotopic (exact) mass is 259 g/mol. The summed E-state index contributed by atoms with van der Waals surface area (Å²) in [5, 5.41) is 3.06. The summed E-state index contributed by atoms with van der Waals surface area (Å²) in [5.41, 5.74) is 0.692. The normalized spacial score (nSPS) is 10.5. The largest absolute Gasteiger partial charge is 0.461 e. The first-order valence-electron chi connectivity index (χ1n) is 6.27. The summed E-state index contributed by atoms with van der Waals surface area (Å²) >= 11 is 0. The maximum atomic E-state index is 5.53. The molecule has 2 aromatic heterocycles. The van der Waals surface area contributed by atoms with Crippen molar-refractivity contribution >= 4 is 5.95 Å². The Labute approximate surface area is 112 Å². The molecule has 1 N–H and O–H groups in total. The van der Waals surface area contributed by atoms with Gasteiger partial charge in [-0.3, -0.25) is 4.98 Å². The molecular formula is C13H17N5O. The average Bonchev–Trinajstić information content (AvgIpc) is 2.39. The molecule has 0 fully saturated rings. The molecule has 0 aliphatic carbocycles. The maximum Gasteiger partial charge on any atom is 0.322 e. The van der Waals surface area contributed by atoms with E-state index >= 15 is 0 Å². The highest BCUT2D eigenvalue weighted by atomic mass is 16.5. The maximum absolute atomic E-state index is 5.53. The van der Waals surface area contributed by atoms with Crippen LogP contribution in [0.4, 0.5) is 5.95 Å². The molecule has 100 valence electrons. The zero-order valence-electron chi connectivity index (χ0n) is 11.3. The molecule has 2 aromatic rings. The van der Waals surface area contributed by atoms with E-state index in [1.807, 2.05) is 39.0 Å². The Balaban J connectivity index is 2.39. The number of anilines is 1. The van der Waals surface area contributed by atoms with Crippen LogP contribution in [0.5, 0.6) is 6.01 Å². The van der Waals surface area contributed by atoms with Crippen molar-refractivity contribution in [3.63, 3.8) is 0 Å². The van der Waals surface area contributed by atoms with E-state index in [4.69, 9.17) is 4.74 Å². The van der Waals surface area contributed by atoms with E-state index in [1.54, 1.807) is 6.20 Å². The highest BCUT2D eigenvalue weighted by Gasteiger charge is 2.10. The Hall–Kier alpha value is -2.24. The van der Waals surface area contributed by atoms with Crippen molar-refractivity contribution in [1.82, 2.24) is 19.9 Å². The summed E-state index contributed by atoms with van der Waals surface area (Å²) < 4.78 is 5.53. The van der Waals surface area contributed by atoms with Gasteiger partial charge in [0.2, 0.25) is 5.95 Å². The van der Waals surface area contributed by atoms with Crippen LogP contribution < -0.4 is 10.1 Å². The van der Waals surface area contributed by atoms with Gasteiger partial charge in [0.1, 0.15) is 5.69 Å². The molecule has 0 atom stereocenters. The van der Waals surface area contributed by atoms with Crippen molar-refractivity contribution in [2.45, 2.75) is 26.9 Å². The lowest BCUT2D eigenvalue weighted by molar-refractivity contribution is 0.222. The molecule has 0 saturated heterocycles. The van der Waals surface area contributed by atoms with Gasteiger partial charge >= 0.3 is 6.01 Å². The highest BCUT2D eigenvalue weighted by molar-refractivity contribution is 5.50. The summed E-state index contributed by atoms with van der Waals surface area (Å²) in [5.74, 6) is 0.996. The number of hydrogen-bond acceptors (Lipinski definition) is 6. The molecule has 0 saturated carbocycles. The third-order valence-corrected chi connectivity index (χ3v) is 2.18. The summed E-state index contributed by atoms with van der Waals surface area (Å²) in [6.07, 6.45) is 1.71. The summed E-state index contributed by atoms with van der Waals surface area (Å²) in [6.45, 7) is 6.56. The van der Waals surface area contributed by atoms with E-state index in [0.717, 1.165) is 6.54 Å². The predicted molar refractivity (Wildman–Crippen MR) is 73.0 cm³/mol. The molecular weight excluding hydrogens is 242 g/mol. The van der Waals surface area contributed by atoms with Gasteiger partial charge in [0.25, 0.3) is 0 Å². The standard InChI is InChI=1S/C13H17N5O/c1-4-14-12-16-11(10-7-5-6-8-15-10)17-13(18-12)19-9(2)3/h5-9H,4H2,1-3H3,(H,14,16,17,18). The fourth-order valence-electron chi connectivity index (χ4n) is 1.47.